The lowest BCUT2D eigenvalue weighted by molar-refractivity contribution is -0.384. The van der Waals surface area contributed by atoms with Crippen LogP contribution in [0.4, 0.5) is 11.5 Å². The Morgan fingerprint density at radius 2 is 2.12 bits per heavy atom. The van der Waals surface area contributed by atoms with Crippen LogP contribution in [0.3, 0.4) is 0 Å². The summed E-state index contributed by atoms with van der Waals surface area (Å²) in [5.41, 5.74) is -0.112. The highest BCUT2D eigenvalue weighted by atomic mass is 16.6. The van der Waals surface area contributed by atoms with Crippen LogP contribution >= 0.6 is 0 Å². The summed E-state index contributed by atoms with van der Waals surface area (Å²) < 4.78 is 12.4. The topological polar surface area (TPSA) is 109 Å². The van der Waals surface area contributed by atoms with Gasteiger partial charge >= 0.3 is 0 Å². The van der Waals surface area contributed by atoms with E-state index in [-0.39, 0.29) is 29.7 Å². The van der Waals surface area contributed by atoms with E-state index in [9.17, 15) is 14.9 Å². The Kier molecular flexibility index (Phi) is 5.35. The molecule has 1 aromatic carbocycles. The van der Waals surface area contributed by atoms with E-state index in [2.05, 4.69) is 10.4 Å². The summed E-state index contributed by atoms with van der Waals surface area (Å²) in [7, 11) is 1.38. The highest BCUT2D eigenvalue weighted by molar-refractivity contribution is 5.91. The minimum Gasteiger partial charge on any atom is -0.493 e. The Bertz CT molecular complexity index is 798. The first-order chi connectivity index (χ1) is 12.6. The van der Waals surface area contributed by atoms with Crippen molar-refractivity contribution in [3.05, 3.63) is 40.6 Å². The number of hydrogen-bond acceptors (Lipinski definition) is 6. The van der Waals surface area contributed by atoms with Crippen LogP contribution in [0.2, 0.25) is 0 Å². The number of hydrogen-bond donors (Lipinski definition) is 1. The van der Waals surface area contributed by atoms with Gasteiger partial charge in [0, 0.05) is 12.1 Å². The van der Waals surface area contributed by atoms with E-state index >= 15 is 0 Å². The zero-order valence-corrected chi connectivity index (χ0v) is 14.4. The van der Waals surface area contributed by atoms with Crippen LogP contribution < -0.4 is 14.8 Å². The number of nitrogens with one attached hydrogen (secondary N) is 1. The average Bonchev–Trinajstić information content (AvgIpc) is 3.31. The molecule has 0 saturated heterocycles. The molecule has 9 nitrogen and oxygen atoms in total. The predicted octanol–water partition coefficient (Wildman–Crippen LogP) is 2.93. The van der Waals surface area contributed by atoms with Crippen LogP contribution in [0.5, 0.6) is 11.5 Å². The largest absolute Gasteiger partial charge is 0.493 e. The summed E-state index contributed by atoms with van der Waals surface area (Å²) in [5, 5.41) is 17.9. The summed E-state index contributed by atoms with van der Waals surface area (Å²) in [5.74, 6) is 0.756. The van der Waals surface area contributed by atoms with Crippen LogP contribution in [0, 0.1) is 10.1 Å². The number of nitro groups is 1. The first-order valence-electron chi connectivity index (χ1n) is 8.37. The molecule has 3 rings (SSSR count). The fourth-order valence-corrected chi connectivity index (χ4v) is 3.06. The SMILES string of the molecule is COc1cc([N+](=O)[O-])ccc1OCC(=O)Nc1ccnn1C1CCCC1. The smallest absolute Gasteiger partial charge is 0.273 e. The molecule has 0 atom stereocenters. The number of amides is 1. The van der Waals surface area contributed by atoms with Gasteiger partial charge in [-0.15, -0.1) is 0 Å². The van der Waals surface area contributed by atoms with E-state index in [0.717, 1.165) is 12.8 Å². The van der Waals surface area contributed by atoms with Crippen molar-refractivity contribution in [3.8, 4) is 11.5 Å². The zero-order chi connectivity index (χ0) is 18.5. The minimum atomic E-state index is -0.525. The van der Waals surface area contributed by atoms with Crippen LogP contribution in [-0.2, 0) is 4.79 Å². The van der Waals surface area contributed by atoms with Crippen molar-refractivity contribution < 1.29 is 19.2 Å². The number of methoxy groups -OCH3 is 1. The van der Waals surface area contributed by atoms with E-state index in [1.54, 1.807) is 12.3 Å². The van der Waals surface area contributed by atoms with Crippen molar-refractivity contribution in [1.82, 2.24) is 9.78 Å². The molecule has 0 spiro atoms. The van der Waals surface area contributed by atoms with Crippen LogP contribution in [0.25, 0.3) is 0 Å². The second kappa shape index (κ2) is 7.85. The molecule has 0 aliphatic heterocycles. The summed E-state index contributed by atoms with van der Waals surface area (Å²) in [6.07, 6.45) is 6.11. The lowest BCUT2D eigenvalue weighted by Crippen LogP contribution is -2.23. The summed E-state index contributed by atoms with van der Waals surface area (Å²) in [6.45, 7) is -0.246. The fourth-order valence-electron chi connectivity index (χ4n) is 3.06. The molecule has 0 radical (unpaired) electrons. The first-order valence-corrected chi connectivity index (χ1v) is 8.37. The third kappa shape index (κ3) is 3.93. The van der Waals surface area contributed by atoms with Gasteiger partial charge in [0.1, 0.15) is 5.82 Å². The molecule has 1 amide bonds. The van der Waals surface area contributed by atoms with Gasteiger partial charge in [-0.2, -0.15) is 5.10 Å². The monoisotopic (exact) mass is 360 g/mol. The average molecular weight is 360 g/mol. The molecular weight excluding hydrogens is 340 g/mol. The molecule has 1 heterocycles. The molecule has 2 aromatic rings. The lowest BCUT2D eigenvalue weighted by Gasteiger charge is -2.15. The number of nitro benzene ring substituents is 1. The number of non-ortho nitro benzene ring substituents is 1. The second-order valence-corrected chi connectivity index (χ2v) is 6.03. The number of anilines is 1. The predicted molar refractivity (Wildman–Crippen MR) is 93.5 cm³/mol. The van der Waals surface area contributed by atoms with Gasteiger partial charge in [-0.1, -0.05) is 12.8 Å². The van der Waals surface area contributed by atoms with E-state index < -0.39 is 4.92 Å². The van der Waals surface area contributed by atoms with Crippen molar-refractivity contribution in [2.75, 3.05) is 19.0 Å². The number of ether oxygens (including phenoxy) is 2. The number of benzene rings is 1. The maximum absolute atomic E-state index is 12.2. The third-order valence-corrected chi connectivity index (χ3v) is 4.33. The van der Waals surface area contributed by atoms with E-state index in [0.29, 0.717) is 11.9 Å². The normalized spacial score (nSPS) is 14.2. The molecule has 138 valence electrons. The second-order valence-electron chi connectivity index (χ2n) is 6.03. The maximum atomic E-state index is 12.2. The number of aromatic nitrogens is 2. The summed E-state index contributed by atoms with van der Waals surface area (Å²) >= 11 is 0. The molecule has 1 N–H and O–H groups in total. The molecule has 1 saturated carbocycles. The van der Waals surface area contributed by atoms with Gasteiger partial charge < -0.3 is 14.8 Å². The van der Waals surface area contributed by atoms with Gasteiger partial charge in [0.05, 0.1) is 30.3 Å². The Hall–Kier alpha value is -3.10. The number of rotatable bonds is 7. The molecular formula is C17H20N4O5. The molecule has 1 aliphatic carbocycles. The standard InChI is InChI=1S/C17H20N4O5/c1-25-15-10-13(21(23)24)6-7-14(15)26-11-17(22)19-16-8-9-18-20(16)12-4-2-3-5-12/h6-10,12H,2-5,11H2,1H3,(H,19,22). The lowest BCUT2D eigenvalue weighted by atomic mass is 10.2. The third-order valence-electron chi connectivity index (χ3n) is 4.33. The van der Waals surface area contributed by atoms with Gasteiger partial charge in [0.25, 0.3) is 11.6 Å². The summed E-state index contributed by atoms with van der Waals surface area (Å²) in [4.78, 5) is 22.5. The fraction of sp³-hybridized carbons (Fsp3) is 0.412. The first kappa shape index (κ1) is 17.7. The van der Waals surface area contributed by atoms with E-state index in [1.807, 2.05) is 4.68 Å². The van der Waals surface area contributed by atoms with E-state index in [4.69, 9.17) is 9.47 Å². The number of carbonyl (C=O) groups excluding carboxylic acids is 1. The van der Waals surface area contributed by atoms with Crippen molar-refractivity contribution >= 4 is 17.4 Å². The van der Waals surface area contributed by atoms with Crippen LogP contribution in [0.15, 0.2) is 30.5 Å². The molecule has 1 aromatic heterocycles. The maximum Gasteiger partial charge on any atom is 0.273 e. The Morgan fingerprint density at radius 1 is 1.35 bits per heavy atom. The number of carbonyl (C=O) groups is 1. The van der Waals surface area contributed by atoms with Gasteiger partial charge in [0.15, 0.2) is 18.1 Å². The van der Waals surface area contributed by atoms with Gasteiger partial charge in [-0.05, 0) is 18.9 Å². The van der Waals surface area contributed by atoms with E-state index in [1.165, 1.54) is 38.2 Å². The highest BCUT2D eigenvalue weighted by Gasteiger charge is 2.21. The van der Waals surface area contributed by atoms with Crippen molar-refractivity contribution in [2.24, 2.45) is 0 Å². The minimum absolute atomic E-state index is 0.112. The quantitative estimate of drug-likeness (QED) is 0.601. The molecule has 0 unspecified atom stereocenters. The Morgan fingerprint density at radius 3 is 2.81 bits per heavy atom. The van der Waals surface area contributed by atoms with Crippen molar-refractivity contribution in [1.29, 1.82) is 0 Å². The van der Waals surface area contributed by atoms with Crippen molar-refractivity contribution in [3.63, 3.8) is 0 Å². The summed E-state index contributed by atoms with van der Waals surface area (Å²) in [6, 6.07) is 6.03. The van der Waals surface area contributed by atoms with Gasteiger partial charge in [-0.25, -0.2) is 4.68 Å². The molecule has 9 heteroatoms. The highest BCUT2D eigenvalue weighted by Crippen LogP contribution is 2.32. The molecule has 1 fully saturated rings. The molecule has 0 bridgehead atoms. The van der Waals surface area contributed by atoms with Crippen molar-refractivity contribution in [2.45, 2.75) is 31.7 Å². The molecule has 1 aliphatic rings. The Labute approximate surface area is 150 Å². The zero-order valence-electron chi connectivity index (χ0n) is 14.4. The molecule has 26 heavy (non-hydrogen) atoms. The van der Waals surface area contributed by atoms with Gasteiger partial charge in [-0.3, -0.25) is 14.9 Å². The van der Waals surface area contributed by atoms with Crippen LogP contribution in [-0.4, -0.2) is 34.3 Å². The number of nitrogens with zero attached hydrogens (tertiary/aromatic N) is 3. The van der Waals surface area contributed by atoms with Crippen LogP contribution in [0.1, 0.15) is 31.7 Å². The van der Waals surface area contributed by atoms with Gasteiger partial charge in [0.2, 0.25) is 0 Å². The Balaban J connectivity index is 1.61.